The molecular formula is C21H19BrO7S. The number of carbonyl (C=O) groups excluding carboxylic acids is 2. The van der Waals surface area contributed by atoms with Crippen molar-refractivity contribution in [2.45, 2.75) is 25.3 Å². The normalized spacial score (nSPS) is 11.4. The van der Waals surface area contributed by atoms with Crippen LogP contribution in [-0.4, -0.2) is 32.7 Å². The summed E-state index contributed by atoms with van der Waals surface area (Å²) in [6, 6.07) is 11.0. The van der Waals surface area contributed by atoms with E-state index in [1.54, 1.807) is 37.3 Å². The summed E-state index contributed by atoms with van der Waals surface area (Å²) in [5, 5.41) is 0.578. The smallest absolute Gasteiger partial charge is 0.374 e. The molecule has 0 aliphatic carbocycles. The number of benzene rings is 2. The van der Waals surface area contributed by atoms with Gasteiger partial charge in [-0.15, -0.1) is 0 Å². The van der Waals surface area contributed by atoms with Crippen LogP contribution in [0.25, 0.3) is 11.0 Å². The molecule has 2 aromatic carbocycles. The fourth-order valence-corrected chi connectivity index (χ4v) is 4.35. The molecule has 0 aliphatic heterocycles. The van der Waals surface area contributed by atoms with Crippen LogP contribution in [0, 0.1) is 0 Å². The van der Waals surface area contributed by atoms with Crippen LogP contribution in [0.15, 0.2) is 56.2 Å². The Morgan fingerprint density at radius 1 is 1.03 bits per heavy atom. The van der Waals surface area contributed by atoms with Crippen LogP contribution < -0.4 is 0 Å². The van der Waals surface area contributed by atoms with Gasteiger partial charge in [-0.05, 0) is 37.3 Å². The Bertz CT molecular complexity index is 1210. The number of hydrogen-bond acceptors (Lipinski definition) is 7. The molecule has 1 aromatic heterocycles. The molecule has 0 amide bonds. The summed E-state index contributed by atoms with van der Waals surface area (Å²) in [4.78, 5) is 24.9. The number of sulfone groups is 1. The minimum absolute atomic E-state index is 0.0628. The van der Waals surface area contributed by atoms with Crippen molar-refractivity contribution in [3.8, 4) is 0 Å². The Morgan fingerprint density at radius 2 is 1.77 bits per heavy atom. The average Bonchev–Trinajstić information content (AvgIpc) is 3.10. The van der Waals surface area contributed by atoms with Gasteiger partial charge in [-0.2, -0.15) is 0 Å². The van der Waals surface area contributed by atoms with Gasteiger partial charge in [-0.25, -0.2) is 18.0 Å². The highest BCUT2D eigenvalue weighted by molar-refractivity contribution is 9.10. The van der Waals surface area contributed by atoms with Gasteiger partial charge in [-0.3, -0.25) is 0 Å². The van der Waals surface area contributed by atoms with Crippen molar-refractivity contribution >= 4 is 48.7 Å². The number of esters is 2. The van der Waals surface area contributed by atoms with Crippen LogP contribution in [0.2, 0.25) is 0 Å². The van der Waals surface area contributed by atoms with E-state index < -0.39 is 21.8 Å². The van der Waals surface area contributed by atoms with Crippen LogP contribution in [0.4, 0.5) is 0 Å². The Labute approximate surface area is 182 Å². The molecule has 0 N–H and O–H groups in total. The van der Waals surface area contributed by atoms with Gasteiger partial charge < -0.3 is 13.9 Å². The molecule has 0 fully saturated rings. The van der Waals surface area contributed by atoms with Gasteiger partial charge in [-0.1, -0.05) is 35.0 Å². The Balaban J connectivity index is 1.96. The Hall–Kier alpha value is -2.65. The Morgan fingerprint density at radius 3 is 2.47 bits per heavy atom. The van der Waals surface area contributed by atoms with Crippen LogP contribution >= 0.6 is 15.9 Å². The summed E-state index contributed by atoms with van der Waals surface area (Å²) in [6.07, 6.45) is 0. The third-order valence-corrected chi connectivity index (χ3v) is 6.66. The number of fused-ring (bicyclic) bond motifs is 1. The largest absolute Gasteiger partial charge is 0.460 e. The van der Waals surface area contributed by atoms with Crippen LogP contribution in [0.5, 0.6) is 0 Å². The van der Waals surface area contributed by atoms with E-state index in [0.717, 1.165) is 4.47 Å². The first-order chi connectivity index (χ1) is 14.3. The Kier molecular flexibility index (Phi) is 6.62. The maximum Gasteiger partial charge on any atom is 0.374 e. The lowest BCUT2D eigenvalue weighted by Gasteiger charge is -2.10. The highest BCUT2D eigenvalue weighted by Crippen LogP contribution is 2.30. The van der Waals surface area contributed by atoms with Crippen molar-refractivity contribution in [3.63, 3.8) is 0 Å². The molecule has 0 radical (unpaired) electrons. The van der Waals surface area contributed by atoms with E-state index in [-0.39, 0.29) is 35.2 Å². The van der Waals surface area contributed by atoms with Gasteiger partial charge in [0, 0.05) is 9.86 Å². The second-order valence-electron chi connectivity index (χ2n) is 6.25. The molecule has 0 unspecified atom stereocenters. The second-order valence-corrected chi connectivity index (χ2v) is 9.41. The minimum Gasteiger partial charge on any atom is -0.460 e. The maximum absolute atomic E-state index is 12.7. The quantitative estimate of drug-likeness (QED) is 0.445. The molecule has 0 spiro atoms. The van der Waals surface area contributed by atoms with Gasteiger partial charge in [0.25, 0.3) is 0 Å². The van der Waals surface area contributed by atoms with Crippen LogP contribution in [0.1, 0.15) is 40.3 Å². The molecule has 7 nitrogen and oxygen atoms in total. The van der Waals surface area contributed by atoms with E-state index in [4.69, 9.17) is 13.9 Å². The molecule has 3 aromatic rings. The molecular weight excluding hydrogens is 476 g/mol. The number of rotatable bonds is 7. The first-order valence-corrected chi connectivity index (χ1v) is 11.6. The van der Waals surface area contributed by atoms with Gasteiger partial charge in [0.2, 0.25) is 5.76 Å². The second kappa shape index (κ2) is 9.01. The summed E-state index contributed by atoms with van der Waals surface area (Å²) >= 11 is 3.37. The lowest BCUT2D eigenvalue weighted by atomic mass is 10.1. The number of halogens is 1. The molecule has 30 heavy (non-hydrogen) atoms. The lowest BCUT2D eigenvalue weighted by Crippen LogP contribution is -2.14. The summed E-state index contributed by atoms with van der Waals surface area (Å²) in [5.41, 5.74) is 0.709. The lowest BCUT2D eigenvalue weighted by molar-refractivity contribution is 0.0432. The molecule has 9 heteroatoms. The zero-order chi connectivity index (χ0) is 21.9. The average molecular weight is 495 g/mol. The highest BCUT2D eigenvalue weighted by atomic mass is 79.9. The van der Waals surface area contributed by atoms with E-state index >= 15 is 0 Å². The predicted molar refractivity (Wildman–Crippen MR) is 113 cm³/mol. The van der Waals surface area contributed by atoms with E-state index in [2.05, 4.69) is 15.9 Å². The SMILES string of the molecule is CCOC(=O)c1oc2ccc(Br)cc2c1COC(=O)c1ccccc1S(=O)(=O)CC. The standard InChI is InChI=1S/C21H19BrO7S/c1-3-27-21(24)19-16(15-11-13(22)9-10-17(15)29-19)12-28-20(23)14-7-5-6-8-18(14)30(25,26)4-2/h5-11H,3-4,12H2,1-2H3. The van der Waals surface area contributed by atoms with E-state index in [0.29, 0.717) is 16.5 Å². The third kappa shape index (κ3) is 4.41. The summed E-state index contributed by atoms with van der Waals surface area (Å²) in [6.45, 7) is 3.03. The van der Waals surface area contributed by atoms with Crippen molar-refractivity contribution < 1.29 is 31.9 Å². The van der Waals surface area contributed by atoms with Crippen molar-refractivity contribution in [1.29, 1.82) is 0 Å². The number of carbonyl (C=O) groups is 2. The minimum atomic E-state index is -3.61. The van der Waals surface area contributed by atoms with E-state index in [1.165, 1.54) is 19.1 Å². The fraction of sp³-hybridized carbons (Fsp3) is 0.238. The summed E-state index contributed by atoms with van der Waals surface area (Å²) in [5.74, 6) is -1.70. The fourth-order valence-electron chi connectivity index (χ4n) is 2.90. The van der Waals surface area contributed by atoms with Crippen molar-refractivity contribution in [2.24, 2.45) is 0 Å². The molecule has 0 saturated heterocycles. The molecule has 158 valence electrons. The monoisotopic (exact) mass is 494 g/mol. The van der Waals surface area contributed by atoms with Crippen molar-refractivity contribution in [1.82, 2.24) is 0 Å². The van der Waals surface area contributed by atoms with Gasteiger partial charge in [0.05, 0.1) is 28.4 Å². The maximum atomic E-state index is 12.7. The van der Waals surface area contributed by atoms with Crippen molar-refractivity contribution in [3.05, 3.63) is 63.8 Å². The number of furan rings is 1. The van der Waals surface area contributed by atoms with Gasteiger partial charge >= 0.3 is 11.9 Å². The van der Waals surface area contributed by atoms with Crippen molar-refractivity contribution in [2.75, 3.05) is 12.4 Å². The molecule has 0 aliphatic rings. The molecule has 0 bridgehead atoms. The molecule has 0 saturated carbocycles. The van der Waals surface area contributed by atoms with Gasteiger partial charge in [0.15, 0.2) is 9.84 Å². The summed E-state index contributed by atoms with van der Waals surface area (Å²) in [7, 11) is -3.61. The van der Waals surface area contributed by atoms with E-state index in [1.807, 2.05) is 0 Å². The molecule has 0 atom stereocenters. The van der Waals surface area contributed by atoms with Crippen LogP contribution in [0.3, 0.4) is 0 Å². The molecule has 1 heterocycles. The van der Waals surface area contributed by atoms with E-state index in [9.17, 15) is 18.0 Å². The molecule has 3 rings (SSSR count). The third-order valence-electron chi connectivity index (χ3n) is 4.38. The predicted octanol–water partition coefficient (Wildman–Crippen LogP) is 4.52. The zero-order valence-corrected chi connectivity index (χ0v) is 18.7. The summed E-state index contributed by atoms with van der Waals surface area (Å²) < 4.78 is 41.4. The van der Waals surface area contributed by atoms with Gasteiger partial charge in [0.1, 0.15) is 12.2 Å². The zero-order valence-electron chi connectivity index (χ0n) is 16.3. The highest BCUT2D eigenvalue weighted by Gasteiger charge is 2.25. The first-order valence-electron chi connectivity index (χ1n) is 9.15. The number of hydrogen-bond donors (Lipinski definition) is 0. The first kappa shape index (κ1) is 22.0. The topological polar surface area (TPSA) is 99.9 Å². The number of ether oxygens (including phenoxy) is 2. The van der Waals surface area contributed by atoms with Crippen LogP contribution in [-0.2, 0) is 25.9 Å².